The van der Waals surface area contributed by atoms with Gasteiger partial charge in [-0.2, -0.15) is 0 Å². The predicted octanol–water partition coefficient (Wildman–Crippen LogP) is 4.27. The van der Waals surface area contributed by atoms with Crippen molar-refractivity contribution in [1.29, 1.82) is 0 Å². The van der Waals surface area contributed by atoms with Crippen LogP contribution < -0.4 is 10.2 Å². The molecule has 0 spiro atoms. The largest absolute Gasteiger partial charge is 0.377 e. The molecule has 0 unspecified atom stereocenters. The van der Waals surface area contributed by atoms with E-state index in [1.807, 2.05) is 51.0 Å². The summed E-state index contributed by atoms with van der Waals surface area (Å²) in [6.45, 7) is 10.6. The van der Waals surface area contributed by atoms with Crippen molar-refractivity contribution in [2.24, 2.45) is 11.3 Å². The number of amides is 2. The van der Waals surface area contributed by atoms with Crippen LogP contribution in [0, 0.1) is 11.3 Å². The highest BCUT2D eigenvalue weighted by Gasteiger charge is 2.34. The highest BCUT2D eigenvalue weighted by molar-refractivity contribution is 5.91. The van der Waals surface area contributed by atoms with E-state index in [-0.39, 0.29) is 23.1 Å². The Bertz CT molecular complexity index is 685. The Morgan fingerprint density at radius 1 is 1.19 bits per heavy atom. The molecule has 1 N–H and O–H groups in total. The van der Waals surface area contributed by atoms with Gasteiger partial charge in [0.1, 0.15) is 0 Å². The number of rotatable bonds is 7. The Labute approximate surface area is 164 Å². The van der Waals surface area contributed by atoms with Gasteiger partial charge in [0.05, 0.1) is 0 Å². The average Bonchev–Trinajstić information content (AvgIpc) is 3.34. The van der Waals surface area contributed by atoms with Crippen LogP contribution in [-0.2, 0) is 16.1 Å². The molecule has 5 heteroatoms. The Morgan fingerprint density at radius 2 is 1.81 bits per heavy atom. The number of carbonyl (C=O) groups excluding carboxylic acids is 2. The van der Waals surface area contributed by atoms with Gasteiger partial charge in [0, 0.05) is 50.4 Å². The number of hydrogen-bond donors (Lipinski definition) is 1. The van der Waals surface area contributed by atoms with Gasteiger partial charge in [-0.05, 0) is 42.0 Å². The zero-order chi connectivity index (χ0) is 20.4. The van der Waals surface area contributed by atoms with Gasteiger partial charge in [-0.1, -0.05) is 34.6 Å². The van der Waals surface area contributed by atoms with E-state index in [0.29, 0.717) is 19.0 Å². The number of nitrogens with one attached hydrogen (secondary N) is 1. The number of nitrogens with zero attached hydrogens (tertiary/aromatic N) is 2. The number of hydrogen-bond acceptors (Lipinski definition) is 3. The van der Waals surface area contributed by atoms with E-state index in [1.165, 1.54) is 0 Å². The minimum absolute atomic E-state index is 0.0110. The first kappa shape index (κ1) is 21.3. The monoisotopic (exact) mass is 373 g/mol. The third-order valence-corrected chi connectivity index (χ3v) is 4.64. The molecule has 0 saturated heterocycles. The molecule has 0 radical (unpaired) electrons. The van der Waals surface area contributed by atoms with Gasteiger partial charge >= 0.3 is 0 Å². The first-order valence-electron chi connectivity index (χ1n) is 9.88. The van der Waals surface area contributed by atoms with Gasteiger partial charge in [-0.3, -0.25) is 9.59 Å². The first-order valence-corrected chi connectivity index (χ1v) is 9.88. The molecule has 1 aromatic carbocycles. The molecule has 1 saturated carbocycles. The third-order valence-electron chi connectivity index (χ3n) is 4.64. The van der Waals surface area contributed by atoms with Crippen LogP contribution in [0.4, 0.5) is 11.4 Å². The Morgan fingerprint density at radius 3 is 2.30 bits per heavy atom. The maximum atomic E-state index is 12.7. The molecule has 1 aromatic rings. The van der Waals surface area contributed by atoms with Crippen LogP contribution in [0.1, 0.15) is 59.4 Å². The maximum Gasteiger partial charge on any atom is 0.225 e. The van der Waals surface area contributed by atoms with Crippen LogP contribution in [-0.4, -0.2) is 36.9 Å². The summed E-state index contributed by atoms with van der Waals surface area (Å²) in [5, 5.41) is 3.01. The molecule has 0 aromatic heterocycles. The Kier molecular flexibility index (Phi) is 6.55. The first-order chi connectivity index (χ1) is 12.5. The molecular formula is C22H35N3O2. The van der Waals surface area contributed by atoms with Crippen molar-refractivity contribution in [3.8, 4) is 0 Å². The second kappa shape index (κ2) is 8.32. The van der Waals surface area contributed by atoms with E-state index in [2.05, 4.69) is 31.0 Å². The van der Waals surface area contributed by atoms with Crippen molar-refractivity contribution in [1.82, 2.24) is 4.90 Å². The summed E-state index contributed by atoms with van der Waals surface area (Å²) in [7, 11) is 4.00. The lowest BCUT2D eigenvalue weighted by molar-refractivity contribution is -0.135. The van der Waals surface area contributed by atoms with Gasteiger partial charge in [0.25, 0.3) is 0 Å². The standard InChI is InChI=1S/C22H35N3O2/c1-15(2)21(27)25(18-9-10-18)14-16-12-17(8-11-19(16)24(6)7)23-20(26)13-22(3,4)5/h8,11-12,15,18H,9-10,13-14H2,1-7H3,(H,23,26). The molecule has 0 bridgehead atoms. The summed E-state index contributed by atoms with van der Waals surface area (Å²) >= 11 is 0. The van der Waals surface area contributed by atoms with Crippen molar-refractivity contribution in [2.45, 2.75) is 66.5 Å². The second-order valence-corrected chi connectivity index (χ2v) is 9.38. The zero-order valence-corrected chi connectivity index (χ0v) is 17.9. The van der Waals surface area contributed by atoms with Gasteiger partial charge < -0.3 is 15.1 Å². The lowest BCUT2D eigenvalue weighted by Gasteiger charge is -2.27. The number of benzene rings is 1. The average molecular weight is 374 g/mol. The maximum absolute atomic E-state index is 12.7. The lowest BCUT2D eigenvalue weighted by Crippen LogP contribution is -2.36. The summed E-state index contributed by atoms with van der Waals surface area (Å²) in [4.78, 5) is 29.0. The van der Waals surface area contributed by atoms with Crippen LogP contribution in [0.3, 0.4) is 0 Å². The fraction of sp³-hybridized carbons (Fsp3) is 0.636. The highest BCUT2D eigenvalue weighted by atomic mass is 16.2. The topological polar surface area (TPSA) is 52.7 Å². The molecule has 150 valence electrons. The van der Waals surface area contributed by atoms with Gasteiger partial charge in [0.2, 0.25) is 11.8 Å². The molecule has 0 heterocycles. The van der Waals surface area contributed by atoms with Crippen LogP contribution >= 0.6 is 0 Å². The van der Waals surface area contributed by atoms with Crippen LogP contribution in [0.2, 0.25) is 0 Å². The van der Waals surface area contributed by atoms with Crippen LogP contribution in [0.25, 0.3) is 0 Å². The molecule has 0 atom stereocenters. The molecule has 1 aliphatic carbocycles. The normalized spacial score (nSPS) is 14.2. The van der Waals surface area contributed by atoms with Gasteiger partial charge in [0.15, 0.2) is 0 Å². The molecule has 0 aliphatic heterocycles. The summed E-state index contributed by atoms with van der Waals surface area (Å²) in [6.07, 6.45) is 2.63. The Hall–Kier alpha value is -2.04. The van der Waals surface area contributed by atoms with E-state index in [0.717, 1.165) is 29.8 Å². The summed E-state index contributed by atoms with van der Waals surface area (Å²) < 4.78 is 0. The minimum atomic E-state index is -0.0526. The molecule has 1 fully saturated rings. The van der Waals surface area contributed by atoms with Crippen molar-refractivity contribution >= 4 is 23.2 Å². The van der Waals surface area contributed by atoms with E-state index < -0.39 is 0 Å². The van der Waals surface area contributed by atoms with E-state index in [1.54, 1.807) is 0 Å². The summed E-state index contributed by atoms with van der Waals surface area (Å²) in [5.74, 6) is 0.204. The molecular weight excluding hydrogens is 338 g/mol. The Balaban J connectivity index is 2.24. The lowest BCUT2D eigenvalue weighted by atomic mass is 9.92. The minimum Gasteiger partial charge on any atom is -0.377 e. The molecule has 2 rings (SSSR count). The van der Waals surface area contributed by atoms with Crippen molar-refractivity contribution < 1.29 is 9.59 Å². The smallest absolute Gasteiger partial charge is 0.225 e. The highest BCUT2D eigenvalue weighted by Crippen LogP contribution is 2.32. The van der Waals surface area contributed by atoms with Crippen LogP contribution in [0.5, 0.6) is 0 Å². The molecule has 5 nitrogen and oxygen atoms in total. The SMILES string of the molecule is CC(C)C(=O)N(Cc1cc(NC(=O)CC(C)(C)C)ccc1N(C)C)C1CC1. The predicted molar refractivity (Wildman–Crippen MR) is 112 cm³/mol. The van der Waals surface area contributed by atoms with E-state index in [9.17, 15) is 9.59 Å². The third kappa shape index (κ3) is 6.26. The van der Waals surface area contributed by atoms with Crippen molar-refractivity contribution in [3.63, 3.8) is 0 Å². The molecule has 2 amide bonds. The summed E-state index contributed by atoms with van der Waals surface area (Å²) in [6, 6.07) is 6.32. The summed E-state index contributed by atoms with van der Waals surface area (Å²) in [5.41, 5.74) is 2.88. The van der Waals surface area contributed by atoms with Gasteiger partial charge in [-0.25, -0.2) is 0 Å². The second-order valence-electron chi connectivity index (χ2n) is 9.38. The fourth-order valence-corrected chi connectivity index (χ4v) is 3.20. The number of anilines is 2. The van der Waals surface area contributed by atoms with Gasteiger partial charge in [-0.15, -0.1) is 0 Å². The fourth-order valence-electron chi connectivity index (χ4n) is 3.20. The zero-order valence-electron chi connectivity index (χ0n) is 17.9. The quantitative estimate of drug-likeness (QED) is 0.776. The van der Waals surface area contributed by atoms with E-state index in [4.69, 9.17) is 0 Å². The molecule has 1 aliphatic rings. The van der Waals surface area contributed by atoms with Crippen molar-refractivity contribution in [2.75, 3.05) is 24.3 Å². The van der Waals surface area contributed by atoms with Crippen molar-refractivity contribution in [3.05, 3.63) is 23.8 Å². The number of carbonyl (C=O) groups is 2. The molecule has 27 heavy (non-hydrogen) atoms. The van der Waals surface area contributed by atoms with E-state index >= 15 is 0 Å². The van der Waals surface area contributed by atoms with Crippen LogP contribution in [0.15, 0.2) is 18.2 Å².